The van der Waals surface area contributed by atoms with Gasteiger partial charge in [0, 0.05) is 0 Å². The lowest BCUT2D eigenvalue weighted by atomic mass is 9.90. The highest BCUT2D eigenvalue weighted by Gasteiger charge is 2.55. The minimum absolute atomic E-state index is 0.229. The van der Waals surface area contributed by atoms with E-state index in [9.17, 15) is 13.2 Å². The van der Waals surface area contributed by atoms with Crippen LogP contribution in [0, 0.1) is 0 Å². The molecule has 0 radical (unpaired) electrons. The molecule has 1 nitrogen and oxygen atoms in total. The van der Waals surface area contributed by atoms with Gasteiger partial charge in [-0.2, -0.15) is 13.2 Å². The minimum Gasteiger partial charge on any atom is -0.304 e. The molecule has 1 unspecified atom stereocenters. The fraction of sp³-hybridized carbons (Fsp3) is 1.00. The van der Waals surface area contributed by atoms with Crippen molar-refractivity contribution in [3.63, 3.8) is 0 Å². The van der Waals surface area contributed by atoms with Gasteiger partial charge in [-0.1, -0.05) is 19.8 Å². The third kappa shape index (κ3) is 2.16. The molecule has 13 heavy (non-hydrogen) atoms. The lowest BCUT2D eigenvalue weighted by Gasteiger charge is -2.31. The summed E-state index contributed by atoms with van der Waals surface area (Å²) in [6.07, 6.45) is -1.50. The third-order valence-electron chi connectivity index (χ3n) is 2.74. The molecule has 78 valence electrons. The van der Waals surface area contributed by atoms with Gasteiger partial charge < -0.3 is 5.32 Å². The van der Waals surface area contributed by atoms with E-state index in [1.54, 1.807) is 0 Å². The van der Waals surface area contributed by atoms with Crippen LogP contribution in [0.2, 0.25) is 0 Å². The lowest BCUT2D eigenvalue weighted by Crippen LogP contribution is -2.52. The molecule has 0 spiro atoms. The summed E-state index contributed by atoms with van der Waals surface area (Å²) in [6.45, 7) is 2.42. The van der Waals surface area contributed by atoms with E-state index in [1.807, 2.05) is 6.92 Å². The summed E-state index contributed by atoms with van der Waals surface area (Å²) in [5.41, 5.74) is -1.57. The van der Waals surface area contributed by atoms with Crippen LogP contribution >= 0.6 is 0 Å². The number of unbranched alkanes of at least 4 members (excludes halogenated alkanes) is 1. The third-order valence-corrected chi connectivity index (χ3v) is 2.74. The van der Waals surface area contributed by atoms with Crippen LogP contribution in [0.25, 0.3) is 0 Å². The van der Waals surface area contributed by atoms with Gasteiger partial charge in [-0.25, -0.2) is 0 Å². The number of hydrogen-bond acceptors (Lipinski definition) is 1. The second kappa shape index (κ2) is 3.86. The zero-order valence-corrected chi connectivity index (χ0v) is 7.88. The van der Waals surface area contributed by atoms with E-state index in [1.165, 1.54) is 0 Å². The molecule has 1 atom stereocenters. The highest BCUT2D eigenvalue weighted by atomic mass is 19.4. The Morgan fingerprint density at radius 2 is 2.08 bits per heavy atom. The van der Waals surface area contributed by atoms with Crippen LogP contribution in [0.5, 0.6) is 0 Å². The summed E-state index contributed by atoms with van der Waals surface area (Å²) >= 11 is 0. The van der Waals surface area contributed by atoms with Gasteiger partial charge >= 0.3 is 6.18 Å². The fourth-order valence-electron chi connectivity index (χ4n) is 1.88. The normalized spacial score (nSPS) is 29.5. The monoisotopic (exact) mass is 195 g/mol. The van der Waals surface area contributed by atoms with Gasteiger partial charge in [0.25, 0.3) is 0 Å². The number of halogens is 3. The van der Waals surface area contributed by atoms with Gasteiger partial charge in [-0.05, 0) is 25.8 Å². The SMILES string of the molecule is CCCCC1(C(F)(F)F)CCCN1. The maximum atomic E-state index is 12.7. The molecule has 1 rings (SSSR count). The molecule has 0 bridgehead atoms. The molecule has 1 aliphatic rings. The molecule has 0 aromatic carbocycles. The van der Waals surface area contributed by atoms with Crippen LogP contribution in [-0.4, -0.2) is 18.3 Å². The summed E-state index contributed by atoms with van der Waals surface area (Å²) in [6, 6.07) is 0. The number of hydrogen-bond donors (Lipinski definition) is 1. The number of alkyl halides is 3. The van der Waals surface area contributed by atoms with Crippen molar-refractivity contribution < 1.29 is 13.2 Å². The molecular formula is C9H16F3N. The molecule has 1 fully saturated rings. The molecule has 0 amide bonds. The van der Waals surface area contributed by atoms with Crippen LogP contribution in [0.1, 0.15) is 39.0 Å². The lowest BCUT2D eigenvalue weighted by molar-refractivity contribution is -0.194. The maximum absolute atomic E-state index is 12.7. The molecule has 0 saturated carbocycles. The topological polar surface area (TPSA) is 12.0 Å². The molecule has 1 saturated heterocycles. The van der Waals surface area contributed by atoms with E-state index in [0.29, 0.717) is 19.4 Å². The van der Waals surface area contributed by atoms with E-state index >= 15 is 0 Å². The molecule has 1 aliphatic heterocycles. The van der Waals surface area contributed by atoms with Crippen molar-refractivity contribution in [3.05, 3.63) is 0 Å². The quantitative estimate of drug-likeness (QED) is 0.730. The second-order valence-electron chi connectivity index (χ2n) is 3.71. The van der Waals surface area contributed by atoms with Crippen LogP contribution in [-0.2, 0) is 0 Å². The van der Waals surface area contributed by atoms with Crippen molar-refractivity contribution in [2.45, 2.75) is 50.7 Å². The Balaban J connectivity index is 2.64. The zero-order valence-electron chi connectivity index (χ0n) is 7.88. The Kier molecular flexibility index (Phi) is 3.22. The predicted octanol–water partition coefficient (Wildman–Crippen LogP) is 2.86. The van der Waals surface area contributed by atoms with E-state index in [0.717, 1.165) is 6.42 Å². The van der Waals surface area contributed by atoms with E-state index in [4.69, 9.17) is 0 Å². The van der Waals surface area contributed by atoms with Gasteiger partial charge in [0.2, 0.25) is 0 Å². The van der Waals surface area contributed by atoms with Gasteiger partial charge in [0.05, 0.1) is 0 Å². The van der Waals surface area contributed by atoms with Crippen LogP contribution in [0.15, 0.2) is 0 Å². The van der Waals surface area contributed by atoms with Crippen LogP contribution in [0.3, 0.4) is 0 Å². The second-order valence-corrected chi connectivity index (χ2v) is 3.71. The number of rotatable bonds is 3. The van der Waals surface area contributed by atoms with Gasteiger partial charge in [-0.3, -0.25) is 0 Å². The van der Waals surface area contributed by atoms with E-state index < -0.39 is 11.7 Å². The molecule has 0 aromatic heterocycles. The van der Waals surface area contributed by atoms with Crippen molar-refractivity contribution in [1.82, 2.24) is 5.32 Å². The van der Waals surface area contributed by atoms with Crippen LogP contribution < -0.4 is 5.32 Å². The Labute approximate surface area is 76.7 Å². The average molecular weight is 195 g/mol. The summed E-state index contributed by atoms with van der Waals surface area (Å²) in [7, 11) is 0. The van der Waals surface area contributed by atoms with E-state index in [2.05, 4.69) is 5.32 Å². The Hall–Kier alpha value is -0.250. The molecule has 1 heterocycles. The molecule has 0 aromatic rings. The summed E-state index contributed by atoms with van der Waals surface area (Å²) < 4.78 is 38.0. The van der Waals surface area contributed by atoms with Crippen molar-refractivity contribution in [3.8, 4) is 0 Å². The maximum Gasteiger partial charge on any atom is 0.406 e. The van der Waals surface area contributed by atoms with Gasteiger partial charge in [0.15, 0.2) is 0 Å². The highest BCUT2D eigenvalue weighted by Crippen LogP contribution is 2.40. The Bertz CT molecular complexity index is 159. The smallest absolute Gasteiger partial charge is 0.304 e. The first-order valence-corrected chi connectivity index (χ1v) is 4.83. The highest BCUT2D eigenvalue weighted by molar-refractivity contribution is 4.98. The average Bonchev–Trinajstić information content (AvgIpc) is 2.48. The van der Waals surface area contributed by atoms with Gasteiger partial charge in [-0.15, -0.1) is 0 Å². The molecule has 4 heteroatoms. The van der Waals surface area contributed by atoms with Crippen molar-refractivity contribution in [2.75, 3.05) is 6.54 Å². The fourth-order valence-corrected chi connectivity index (χ4v) is 1.88. The van der Waals surface area contributed by atoms with Crippen molar-refractivity contribution in [2.24, 2.45) is 0 Å². The predicted molar refractivity (Wildman–Crippen MR) is 45.5 cm³/mol. The summed E-state index contributed by atoms with van der Waals surface area (Å²) in [5, 5.41) is 2.62. The first kappa shape index (κ1) is 10.8. The first-order chi connectivity index (χ1) is 6.02. The molecular weight excluding hydrogens is 179 g/mol. The van der Waals surface area contributed by atoms with Crippen LogP contribution in [0.4, 0.5) is 13.2 Å². The minimum atomic E-state index is -4.08. The Morgan fingerprint density at radius 3 is 2.46 bits per heavy atom. The van der Waals surface area contributed by atoms with Crippen molar-refractivity contribution >= 4 is 0 Å². The zero-order chi connectivity index (χ0) is 9.95. The Morgan fingerprint density at radius 1 is 1.38 bits per heavy atom. The summed E-state index contributed by atoms with van der Waals surface area (Å²) in [5.74, 6) is 0. The van der Waals surface area contributed by atoms with Gasteiger partial charge in [0.1, 0.15) is 5.54 Å². The number of nitrogens with one attached hydrogen (secondary N) is 1. The molecule has 0 aliphatic carbocycles. The van der Waals surface area contributed by atoms with Crippen molar-refractivity contribution in [1.29, 1.82) is 0 Å². The van der Waals surface area contributed by atoms with E-state index in [-0.39, 0.29) is 12.8 Å². The standard InChI is InChI=1S/C9H16F3N/c1-2-3-5-8(9(10,11)12)6-4-7-13-8/h13H,2-7H2,1H3. The summed E-state index contributed by atoms with van der Waals surface area (Å²) in [4.78, 5) is 0. The largest absolute Gasteiger partial charge is 0.406 e. The first-order valence-electron chi connectivity index (χ1n) is 4.83. The molecule has 1 N–H and O–H groups in total.